The van der Waals surface area contributed by atoms with Crippen molar-refractivity contribution in [3.05, 3.63) is 155 Å². The molecule has 11 rings (SSSR count). The summed E-state index contributed by atoms with van der Waals surface area (Å²) < 4.78 is 10.4. The van der Waals surface area contributed by atoms with Crippen molar-refractivity contribution in [2.24, 2.45) is 5.92 Å². The van der Waals surface area contributed by atoms with Crippen molar-refractivity contribution in [1.29, 1.82) is 0 Å². The van der Waals surface area contributed by atoms with Gasteiger partial charge in [0.1, 0.15) is 17.7 Å². The Labute approximate surface area is 448 Å². The van der Waals surface area contributed by atoms with Crippen LogP contribution in [0.4, 0.5) is 4.79 Å². The van der Waals surface area contributed by atoms with Gasteiger partial charge in [-0.2, -0.15) is 0 Å². The molecule has 1 aliphatic carbocycles. The fraction of sp³-hybridized carbons (Fsp3) is 0.361. The third-order valence-electron chi connectivity index (χ3n) is 16.0. The van der Waals surface area contributed by atoms with Crippen LogP contribution >= 0.6 is 0 Å². The first-order valence-electron chi connectivity index (χ1n) is 26.9. The van der Waals surface area contributed by atoms with Gasteiger partial charge in [-0.05, 0) is 96.5 Å². The summed E-state index contributed by atoms with van der Waals surface area (Å²) in [4.78, 5) is 92.3. The zero-order chi connectivity index (χ0) is 53.4. The Kier molecular flexibility index (Phi) is 14.3. The van der Waals surface area contributed by atoms with Gasteiger partial charge in [0.05, 0.1) is 56.5 Å². The largest absolute Gasteiger partial charge is 0.453 e. The number of carbonyl (C=O) groups excluding carboxylic acids is 5. The molecule has 4 amide bonds. The van der Waals surface area contributed by atoms with Gasteiger partial charge in [0.2, 0.25) is 11.8 Å². The predicted octanol–water partition coefficient (Wildman–Crippen LogP) is 8.69. The van der Waals surface area contributed by atoms with Gasteiger partial charge in [0.25, 0.3) is 5.91 Å². The number of carbonyl (C=O) groups is 5. The highest BCUT2D eigenvalue weighted by atomic mass is 16.5. The van der Waals surface area contributed by atoms with Gasteiger partial charge in [0.15, 0.2) is 11.3 Å². The van der Waals surface area contributed by atoms with Crippen molar-refractivity contribution >= 4 is 40.4 Å². The number of aryl methyl sites for hydroxylation is 2. The fourth-order valence-corrected chi connectivity index (χ4v) is 12.0. The Hall–Kier alpha value is -7.95. The Bertz CT molecular complexity index is 3380. The molecule has 5 heterocycles. The second-order valence-electron chi connectivity index (χ2n) is 21.1. The van der Waals surface area contributed by atoms with Gasteiger partial charge >= 0.3 is 6.09 Å². The number of imidazole rings is 2. The number of hydrogen-bond acceptors (Lipinski definition) is 10. The summed E-state index contributed by atoms with van der Waals surface area (Å²) in [5, 5.41) is 8.13. The van der Waals surface area contributed by atoms with E-state index in [2.05, 4.69) is 75.2 Å². The number of aromatic amines is 2. The molecule has 16 heteroatoms. The number of amides is 4. The van der Waals surface area contributed by atoms with E-state index in [1.54, 1.807) is 18.2 Å². The van der Waals surface area contributed by atoms with Crippen molar-refractivity contribution in [2.75, 3.05) is 53.0 Å². The van der Waals surface area contributed by atoms with Crippen LogP contribution in [0.2, 0.25) is 0 Å². The van der Waals surface area contributed by atoms with Crippen LogP contribution in [0.3, 0.4) is 0 Å². The summed E-state index contributed by atoms with van der Waals surface area (Å²) in [5.41, 5.74) is 7.94. The van der Waals surface area contributed by atoms with E-state index < -0.39 is 23.7 Å². The number of likely N-dealkylation sites (tertiary alicyclic amines) is 2. The molecule has 3 saturated heterocycles. The number of methoxy groups -OCH3 is 1. The quantitative estimate of drug-likeness (QED) is 0.0766. The lowest BCUT2D eigenvalue weighted by Gasteiger charge is -2.40. The van der Waals surface area contributed by atoms with Crippen LogP contribution in [0.25, 0.3) is 44.4 Å². The summed E-state index contributed by atoms with van der Waals surface area (Å²) >= 11 is 0. The van der Waals surface area contributed by atoms with E-state index >= 15 is 4.79 Å². The molecule has 5 aromatic carbocycles. The van der Waals surface area contributed by atoms with E-state index in [0.29, 0.717) is 68.3 Å². The highest BCUT2D eigenvalue weighted by Crippen LogP contribution is 2.42. The molecule has 4 unspecified atom stereocenters. The SMILES string of the molecule is COC(=O)NC(C(=O)N1CCCC1c1nc2c([nH]1)CCc1cc(-c3ccc4cc(-c5cnc(C6CCCN6C(=O)C(NC(=O)CN6CCOCC6)(c6ccccc6)c6ccccc6C(C)=O)[nH]5)ccc4c3)ccc1-2)C(C)C. The van der Waals surface area contributed by atoms with Crippen LogP contribution in [0, 0.1) is 5.92 Å². The smallest absolute Gasteiger partial charge is 0.407 e. The summed E-state index contributed by atoms with van der Waals surface area (Å²) in [7, 11) is 1.30. The normalized spacial score (nSPS) is 18.6. The predicted molar refractivity (Wildman–Crippen MR) is 293 cm³/mol. The lowest BCUT2D eigenvalue weighted by Crippen LogP contribution is -2.60. The van der Waals surface area contributed by atoms with Crippen LogP contribution in [-0.4, -0.2) is 123 Å². The van der Waals surface area contributed by atoms with Crippen LogP contribution < -0.4 is 10.6 Å². The molecule has 77 heavy (non-hydrogen) atoms. The van der Waals surface area contributed by atoms with Crippen molar-refractivity contribution in [3.8, 4) is 33.6 Å². The molecule has 0 saturated carbocycles. The maximum absolute atomic E-state index is 15.8. The highest BCUT2D eigenvalue weighted by molar-refractivity contribution is 6.03. The summed E-state index contributed by atoms with van der Waals surface area (Å²) in [6.07, 6.45) is 5.89. The lowest BCUT2D eigenvalue weighted by atomic mass is 9.78. The van der Waals surface area contributed by atoms with Gasteiger partial charge in [-0.15, -0.1) is 0 Å². The number of Topliss-reactive ketones (excluding diaryl/α,β-unsaturated/α-hetero) is 1. The number of rotatable bonds is 14. The number of nitrogens with zero attached hydrogens (tertiary/aromatic N) is 5. The maximum Gasteiger partial charge on any atom is 0.407 e. The molecule has 3 aliphatic heterocycles. The zero-order valence-corrected chi connectivity index (χ0v) is 44.1. The van der Waals surface area contributed by atoms with Crippen molar-refractivity contribution < 1.29 is 33.4 Å². The highest BCUT2D eigenvalue weighted by Gasteiger charge is 2.50. The number of fused-ring (bicyclic) bond motifs is 4. The molecule has 16 nitrogen and oxygen atoms in total. The average Bonchev–Trinajstić information content (AvgIpc) is 4.40. The molecular weight excluding hydrogens is 971 g/mol. The summed E-state index contributed by atoms with van der Waals surface area (Å²) in [5.74, 6) is 0.318. The third-order valence-corrected chi connectivity index (χ3v) is 16.0. The number of H-pyrrole nitrogens is 2. The molecule has 7 aromatic rings. The summed E-state index contributed by atoms with van der Waals surface area (Å²) in [6, 6.07) is 34.5. The molecule has 0 radical (unpaired) electrons. The van der Waals surface area contributed by atoms with E-state index in [1.165, 1.54) is 19.6 Å². The number of ketones is 1. The number of alkyl carbamates (subject to hydrolysis) is 1. The van der Waals surface area contributed by atoms with E-state index in [9.17, 15) is 19.2 Å². The van der Waals surface area contributed by atoms with E-state index in [0.717, 1.165) is 88.0 Å². The second kappa shape index (κ2) is 21.6. The molecule has 4 atom stereocenters. The Balaban J connectivity index is 0.831. The molecule has 0 bridgehead atoms. The minimum absolute atomic E-state index is 0.0714. The average molecular weight is 1040 g/mol. The molecular formula is C61H65N9O7. The first-order valence-corrected chi connectivity index (χ1v) is 26.9. The standard InChI is InChI=1S/C61H65N9O7/c1-37(2)54(66-60(75)76-4)58(73)69-26-10-17-52(69)57-63-49-25-23-43-33-42(22-24-47(43)55(49)65-57)39-18-19-41-34-44(21-20-40(41)32-39)50-35-62-56(64-50)51-16-11-27-70(51)59(74)61(45-12-6-5-7-13-45,48-15-9-8-14-46(48)38(3)71)67-53(72)36-68-28-30-77-31-29-68/h5-9,12-15,18-22,24,32-35,37,51-52,54H,10-11,16-17,23,25-31,36H2,1-4H3,(H,62,64)(H,63,65)(H,66,75)(H,67,72). The van der Waals surface area contributed by atoms with E-state index in [4.69, 9.17) is 19.4 Å². The molecule has 2 aromatic heterocycles. The second-order valence-corrected chi connectivity index (χ2v) is 21.1. The van der Waals surface area contributed by atoms with E-state index in [1.807, 2.05) is 71.1 Å². The van der Waals surface area contributed by atoms with Gasteiger partial charge in [-0.3, -0.25) is 24.1 Å². The zero-order valence-electron chi connectivity index (χ0n) is 44.1. The minimum atomic E-state index is -1.72. The summed E-state index contributed by atoms with van der Waals surface area (Å²) in [6.45, 7) is 8.66. The first kappa shape index (κ1) is 51.2. The van der Waals surface area contributed by atoms with Crippen LogP contribution in [0.5, 0.6) is 0 Å². The van der Waals surface area contributed by atoms with Gasteiger partial charge in [-0.1, -0.05) is 111 Å². The topological polar surface area (TPSA) is 195 Å². The van der Waals surface area contributed by atoms with Crippen LogP contribution in [0.1, 0.15) is 103 Å². The molecule has 4 N–H and O–H groups in total. The molecule has 4 aliphatic rings. The van der Waals surface area contributed by atoms with Crippen molar-refractivity contribution in [3.63, 3.8) is 0 Å². The number of ether oxygens (including phenoxy) is 2. The number of aromatic nitrogens is 4. The van der Waals surface area contributed by atoms with Crippen LogP contribution in [-0.2, 0) is 42.2 Å². The van der Waals surface area contributed by atoms with E-state index in [-0.39, 0.29) is 42.0 Å². The number of benzene rings is 5. The first-order chi connectivity index (χ1) is 37.4. The van der Waals surface area contributed by atoms with Crippen molar-refractivity contribution in [2.45, 2.75) is 83.0 Å². The molecule has 396 valence electrons. The minimum Gasteiger partial charge on any atom is -0.453 e. The van der Waals surface area contributed by atoms with Gasteiger partial charge in [-0.25, -0.2) is 14.8 Å². The number of hydrogen-bond donors (Lipinski definition) is 4. The Morgan fingerprint density at radius 3 is 2.18 bits per heavy atom. The van der Waals surface area contributed by atoms with Gasteiger partial charge in [0, 0.05) is 54.1 Å². The maximum atomic E-state index is 15.8. The van der Waals surface area contributed by atoms with Crippen molar-refractivity contribution in [1.82, 2.24) is 45.3 Å². The fourth-order valence-electron chi connectivity index (χ4n) is 12.0. The Morgan fingerprint density at radius 2 is 1.44 bits per heavy atom. The van der Waals surface area contributed by atoms with Gasteiger partial charge < -0.3 is 39.9 Å². The molecule has 3 fully saturated rings. The monoisotopic (exact) mass is 1040 g/mol. The molecule has 0 spiro atoms. The Morgan fingerprint density at radius 1 is 0.766 bits per heavy atom. The van der Waals surface area contributed by atoms with Crippen LogP contribution in [0.15, 0.2) is 115 Å². The number of morpholine rings is 1. The lowest BCUT2D eigenvalue weighted by molar-refractivity contribution is -0.142. The number of nitrogens with one attached hydrogen (secondary N) is 4. The third kappa shape index (κ3) is 9.91.